The Morgan fingerprint density at radius 3 is 1.70 bits per heavy atom. The largest absolute Gasteiger partial charge is 0.629 e. The van der Waals surface area contributed by atoms with Gasteiger partial charge in [-0.3, -0.25) is 13.8 Å². The Balaban J connectivity index is 2.08. The fourth-order valence-electron chi connectivity index (χ4n) is 2.06. The zero-order valence-electron chi connectivity index (χ0n) is 12.5. The van der Waals surface area contributed by atoms with E-state index in [2.05, 4.69) is 10.3 Å². The lowest BCUT2D eigenvalue weighted by atomic mass is 10.0. The van der Waals surface area contributed by atoms with Crippen molar-refractivity contribution in [3.8, 4) is 0 Å². The average Bonchev–Trinajstić information content (AvgIpc) is 2.76. The minimum Gasteiger partial charge on any atom is -0.281 e. The summed E-state index contributed by atoms with van der Waals surface area (Å²) in [5, 5.41) is 7.99. The molecule has 7 heteroatoms. The molecule has 1 heterocycles. The van der Waals surface area contributed by atoms with E-state index in [1.807, 2.05) is 60.7 Å². The van der Waals surface area contributed by atoms with Crippen molar-refractivity contribution in [2.45, 2.75) is 6.92 Å². The van der Waals surface area contributed by atoms with Crippen LogP contribution >= 0.6 is 7.82 Å². The average molecular weight is 330 g/mol. The first-order valence-corrected chi connectivity index (χ1v) is 8.57. The number of hydrogen-bond donors (Lipinski definition) is 0. The Hall–Kier alpha value is -2.43. The van der Waals surface area contributed by atoms with Gasteiger partial charge in [-0.05, 0) is 6.92 Å². The third-order valence-electron chi connectivity index (χ3n) is 3.07. The van der Waals surface area contributed by atoms with Crippen molar-refractivity contribution in [3.05, 3.63) is 71.8 Å². The molecule has 3 rings (SSSR count). The highest BCUT2D eigenvalue weighted by atomic mass is 31.2. The molecule has 0 radical (unpaired) electrons. The lowest BCUT2D eigenvalue weighted by Crippen LogP contribution is -2.16. The van der Waals surface area contributed by atoms with E-state index in [1.54, 1.807) is 6.92 Å². The molecule has 0 spiro atoms. The van der Waals surface area contributed by atoms with E-state index in [4.69, 9.17) is 13.8 Å². The number of phosphoric acid groups is 1. The Labute approximate surface area is 134 Å². The second-order valence-corrected chi connectivity index (χ2v) is 6.12. The molecular formula is C16H15N2O4P. The SMILES string of the molecule is CCOP1(=O)ON=C(c2ccccc2)C(c2ccccc2)=NO1. The summed E-state index contributed by atoms with van der Waals surface area (Å²) in [7, 11) is -3.85. The predicted molar refractivity (Wildman–Crippen MR) is 87.4 cm³/mol. The van der Waals surface area contributed by atoms with Crippen LogP contribution in [0, 0.1) is 0 Å². The van der Waals surface area contributed by atoms with Gasteiger partial charge in [0.15, 0.2) is 0 Å². The van der Waals surface area contributed by atoms with Crippen LogP contribution in [0.25, 0.3) is 0 Å². The molecule has 23 heavy (non-hydrogen) atoms. The molecule has 0 amide bonds. The number of hydrogen-bond acceptors (Lipinski definition) is 6. The van der Waals surface area contributed by atoms with Gasteiger partial charge in [-0.2, -0.15) is 0 Å². The van der Waals surface area contributed by atoms with Crippen molar-refractivity contribution in [3.63, 3.8) is 0 Å². The third kappa shape index (κ3) is 3.50. The molecule has 0 bridgehead atoms. The number of rotatable bonds is 4. The van der Waals surface area contributed by atoms with E-state index in [-0.39, 0.29) is 6.61 Å². The predicted octanol–water partition coefficient (Wildman–Crippen LogP) is 3.99. The Kier molecular flexibility index (Phi) is 4.55. The van der Waals surface area contributed by atoms with Crippen LogP contribution in [0.1, 0.15) is 18.1 Å². The van der Waals surface area contributed by atoms with Gasteiger partial charge in [-0.15, -0.1) is 0 Å². The van der Waals surface area contributed by atoms with E-state index in [9.17, 15) is 4.57 Å². The van der Waals surface area contributed by atoms with E-state index in [1.165, 1.54) is 0 Å². The quantitative estimate of drug-likeness (QED) is 0.795. The van der Waals surface area contributed by atoms with E-state index >= 15 is 0 Å². The molecule has 0 aromatic heterocycles. The second-order valence-electron chi connectivity index (χ2n) is 4.64. The highest BCUT2D eigenvalue weighted by molar-refractivity contribution is 7.48. The van der Waals surface area contributed by atoms with Gasteiger partial charge in [0.05, 0.1) is 6.61 Å². The van der Waals surface area contributed by atoms with Crippen LogP contribution in [0.15, 0.2) is 71.0 Å². The second kappa shape index (κ2) is 6.77. The summed E-state index contributed by atoms with van der Waals surface area (Å²) >= 11 is 0. The zero-order chi connectivity index (χ0) is 16.1. The van der Waals surface area contributed by atoms with Crippen LogP contribution in [0.4, 0.5) is 0 Å². The number of benzene rings is 2. The lowest BCUT2D eigenvalue weighted by molar-refractivity contribution is 0.126. The standard InChI is InChI=1S/C16H15N2O4P/c1-2-20-23(19)21-17-15(13-9-5-3-6-10-13)16(18-22-23)14-11-7-4-8-12-14/h3-12H,2H2,1H3. The van der Waals surface area contributed by atoms with Crippen LogP contribution in [0.3, 0.4) is 0 Å². The fraction of sp³-hybridized carbons (Fsp3) is 0.125. The first-order valence-electron chi connectivity index (χ1n) is 7.11. The van der Waals surface area contributed by atoms with Gasteiger partial charge < -0.3 is 0 Å². The van der Waals surface area contributed by atoms with Crippen LogP contribution in [-0.4, -0.2) is 18.0 Å². The smallest absolute Gasteiger partial charge is 0.281 e. The van der Waals surface area contributed by atoms with Crippen molar-refractivity contribution < 1.29 is 18.3 Å². The molecule has 0 unspecified atom stereocenters. The molecule has 0 aliphatic carbocycles. The summed E-state index contributed by atoms with van der Waals surface area (Å²) in [5.74, 6) is 0. The third-order valence-corrected chi connectivity index (χ3v) is 4.21. The molecule has 2 aromatic rings. The van der Waals surface area contributed by atoms with E-state index < -0.39 is 7.82 Å². The molecule has 1 aliphatic heterocycles. The highest BCUT2D eigenvalue weighted by Crippen LogP contribution is 2.51. The maximum atomic E-state index is 12.3. The van der Waals surface area contributed by atoms with Gasteiger partial charge >= 0.3 is 7.82 Å². The van der Waals surface area contributed by atoms with Crippen molar-refractivity contribution in [1.82, 2.24) is 0 Å². The first-order chi connectivity index (χ1) is 11.2. The first kappa shape index (κ1) is 15.5. The van der Waals surface area contributed by atoms with Gasteiger partial charge in [0.25, 0.3) is 0 Å². The van der Waals surface area contributed by atoms with Crippen LogP contribution in [-0.2, 0) is 18.3 Å². The molecule has 118 valence electrons. The Morgan fingerprint density at radius 2 is 1.30 bits per heavy atom. The monoisotopic (exact) mass is 330 g/mol. The summed E-state index contributed by atoms with van der Waals surface area (Å²) in [5.41, 5.74) is 2.38. The lowest BCUT2D eigenvalue weighted by Gasteiger charge is -2.08. The molecular weight excluding hydrogens is 315 g/mol. The minimum atomic E-state index is -3.85. The number of oxime groups is 2. The summed E-state index contributed by atoms with van der Waals surface area (Å²) < 4.78 is 27.4. The van der Waals surface area contributed by atoms with Crippen molar-refractivity contribution in [2.75, 3.05) is 6.61 Å². The molecule has 0 atom stereocenters. The minimum absolute atomic E-state index is 0.156. The fourth-order valence-corrected chi connectivity index (χ4v) is 2.86. The van der Waals surface area contributed by atoms with Crippen LogP contribution < -0.4 is 0 Å². The maximum absolute atomic E-state index is 12.3. The van der Waals surface area contributed by atoms with E-state index in [0.29, 0.717) is 11.4 Å². The highest BCUT2D eigenvalue weighted by Gasteiger charge is 2.34. The van der Waals surface area contributed by atoms with E-state index in [0.717, 1.165) is 11.1 Å². The van der Waals surface area contributed by atoms with Gasteiger partial charge in [-0.1, -0.05) is 71.0 Å². The van der Waals surface area contributed by atoms with Gasteiger partial charge in [0.1, 0.15) is 11.4 Å². The molecule has 0 saturated carbocycles. The molecule has 0 N–H and O–H groups in total. The Bertz CT molecular complexity index is 714. The Morgan fingerprint density at radius 1 is 0.870 bits per heavy atom. The van der Waals surface area contributed by atoms with Crippen molar-refractivity contribution in [2.24, 2.45) is 10.3 Å². The molecule has 2 aromatic carbocycles. The van der Waals surface area contributed by atoms with Crippen LogP contribution in [0.2, 0.25) is 0 Å². The van der Waals surface area contributed by atoms with Crippen LogP contribution in [0.5, 0.6) is 0 Å². The zero-order valence-corrected chi connectivity index (χ0v) is 13.3. The van der Waals surface area contributed by atoms with Gasteiger partial charge in [0, 0.05) is 11.1 Å². The summed E-state index contributed by atoms with van der Waals surface area (Å²) in [6.45, 7) is 1.84. The summed E-state index contributed by atoms with van der Waals surface area (Å²) in [6.07, 6.45) is 0. The van der Waals surface area contributed by atoms with Crippen molar-refractivity contribution >= 4 is 19.2 Å². The molecule has 1 aliphatic rings. The normalized spacial score (nSPS) is 16.4. The maximum Gasteiger partial charge on any atom is 0.629 e. The number of nitrogens with zero attached hydrogens (tertiary/aromatic N) is 2. The molecule has 0 fully saturated rings. The van der Waals surface area contributed by atoms with Gasteiger partial charge in [-0.25, -0.2) is 4.57 Å². The molecule has 0 saturated heterocycles. The topological polar surface area (TPSA) is 69.5 Å². The molecule has 6 nitrogen and oxygen atoms in total. The van der Waals surface area contributed by atoms with Crippen molar-refractivity contribution in [1.29, 1.82) is 0 Å². The summed E-state index contributed by atoms with van der Waals surface area (Å²) in [4.78, 5) is 0. The summed E-state index contributed by atoms with van der Waals surface area (Å²) in [6, 6.07) is 18.7. The van der Waals surface area contributed by atoms with Gasteiger partial charge in [0.2, 0.25) is 0 Å².